The van der Waals surface area contributed by atoms with Crippen LogP contribution in [0.3, 0.4) is 0 Å². The molecular weight excluding hydrogens is 348 g/mol. The smallest absolute Gasteiger partial charge is 0.133 e. The maximum atomic E-state index is 11.2. The minimum absolute atomic E-state index is 0.452. The van der Waals surface area contributed by atoms with Crippen molar-refractivity contribution in [3.63, 3.8) is 0 Å². The number of likely N-dealkylation sites (tertiary alicyclic amines) is 1. The van der Waals surface area contributed by atoms with Crippen LogP contribution >= 0.6 is 0 Å². The lowest BCUT2D eigenvalue weighted by Crippen LogP contribution is -2.31. The molecule has 1 saturated heterocycles. The van der Waals surface area contributed by atoms with Crippen LogP contribution in [0.4, 0.5) is 0 Å². The van der Waals surface area contributed by atoms with Crippen molar-refractivity contribution in [2.75, 3.05) is 19.7 Å². The molecule has 0 N–H and O–H groups in total. The molecule has 2 aliphatic rings. The molecule has 0 spiro atoms. The van der Waals surface area contributed by atoms with E-state index in [1.165, 1.54) is 22.4 Å². The summed E-state index contributed by atoms with van der Waals surface area (Å²) in [6.07, 6.45) is 9.44. The summed E-state index contributed by atoms with van der Waals surface area (Å²) in [6.45, 7) is 8.68. The molecule has 1 aromatic rings. The highest BCUT2D eigenvalue weighted by molar-refractivity contribution is 5.85. The molecule has 1 aromatic carbocycles. The van der Waals surface area contributed by atoms with Gasteiger partial charge in [-0.2, -0.15) is 0 Å². The van der Waals surface area contributed by atoms with Crippen LogP contribution in [0, 0.1) is 0 Å². The lowest BCUT2D eigenvalue weighted by atomic mass is 9.92. The molecule has 4 heteroatoms. The molecule has 0 radical (unpaired) electrons. The first-order valence-electron chi connectivity index (χ1n) is 10.7. The monoisotopic (exact) mass is 382 g/mol. The topological polar surface area (TPSA) is 41.9 Å². The van der Waals surface area contributed by atoms with Gasteiger partial charge in [0.25, 0.3) is 0 Å². The van der Waals surface area contributed by atoms with E-state index in [2.05, 4.69) is 43.9 Å². The Labute approximate surface area is 169 Å². The molecule has 0 saturated carbocycles. The highest BCUT2D eigenvalue weighted by Gasteiger charge is 2.33. The Hall–Kier alpha value is -1.94. The number of nitrogens with zero attached hydrogens (tertiary/aromatic N) is 2. The number of benzene rings is 1. The van der Waals surface area contributed by atoms with E-state index >= 15 is 0 Å². The Balaban J connectivity index is 1.67. The standard InChI is InChI=1S/C24H34N2O2/c1-4-5-22(25-16-18(2)3)7-8-23-15-21(17-26(23)11-12-27)19-6-9-24-20(14-19)10-13-28-24/h6,9,12,14,16,21,23H,4-5,7-8,10-11,13,15,17H2,1-3H3. The molecule has 2 heterocycles. The van der Waals surface area contributed by atoms with Crippen LogP contribution in [-0.4, -0.2) is 42.6 Å². The minimum Gasteiger partial charge on any atom is -0.493 e. The van der Waals surface area contributed by atoms with Gasteiger partial charge in [-0.3, -0.25) is 9.89 Å². The predicted molar refractivity (Wildman–Crippen MR) is 115 cm³/mol. The second-order valence-corrected chi connectivity index (χ2v) is 8.36. The van der Waals surface area contributed by atoms with Crippen molar-refractivity contribution in [1.29, 1.82) is 0 Å². The zero-order valence-corrected chi connectivity index (χ0v) is 17.6. The number of carbonyl (C=O) groups is 1. The second-order valence-electron chi connectivity index (χ2n) is 8.36. The quantitative estimate of drug-likeness (QED) is 0.449. The Kier molecular flexibility index (Phi) is 7.43. The number of hydrogen-bond donors (Lipinski definition) is 0. The first-order chi connectivity index (χ1) is 13.6. The molecule has 0 aliphatic carbocycles. The van der Waals surface area contributed by atoms with E-state index in [-0.39, 0.29) is 0 Å². The Morgan fingerprint density at radius 2 is 2.18 bits per heavy atom. The van der Waals surface area contributed by atoms with Crippen molar-refractivity contribution in [2.24, 2.45) is 4.99 Å². The maximum Gasteiger partial charge on any atom is 0.133 e. The van der Waals surface area contributed by atoms with Crippen LogP contribution in [0.2, 0.25) is 0 Å². The highest BCUT2D eigenvalue weighted by atomic mass is 16.5. The SMILES string of the molecule is CCCC(CCC1CC(c2ccc3c(c2)CCO3)CN1CC=O)=NC=C(C)C. The molecule has 0 aromatic heterocycles. The van der Waals surface area contributed by atoms with Gasteiger partial charge in [-0.25, -0.2) is 0 Å². The molecule has 152 valence electrons. The Morgan fingerprint density at radius 1 is 1.32 bits per heavy atom. The van der Waals surface area contributed by atoms with Gasteiger partial charge in [0, 0.05) is 30.9 Å². The Bertz CT molecular complexity index is 734. The zero-order chi connectivity index (χ0) is 19.9. The zero-order valence-electron chi connectivity index (χ0n) is 17.6. The molecule has 4 nitrogen and oxygen atoms in total. The number of fused-ring (bicyclic) bond motifs is 1. The minimum atomic E-state index is 0.452. The summed E-state index contributed by atoms with van der Waals surface area (Å²) >= 11 is 0. The van der Waals surface area contributed by atoms with Crippen LogP contribution in [0.1, 0.15) is 69.9 Å². The Morgan fingerprint density at radius 3 is 2.93 bits per heavy atom. The van der Waals surface area contributed by atoms with Gasteiger partial charge in [0.15, 0.2) is 0 Å². The summed E-state index contributed by atoms with van der Waals surface area (Å²) in [4.78, 5) is 18.3. The van der Waals surface area contributed by atoms with E-state index in [9.17, 15) is 4.79 Å². The number of carbonyl (C=O) groups excluding carboxylic acids is 1. The average Bonchev–Trinajstić information content (AvgIpc) is 3.30. The fourth-order valence-electron chi connectivity index (χ4n) is 4.40. The molecular formula is C24H34N2O2. The van der Waals surface area contributed by atoms with Crippen molar-refractivity contribution in [1.82, 2.24) is 4.90 Å². The molecule has 2 atom stereocenters. The summed E-state index contributed by atoms with van der Waals surface area (Å²) in [5.74, 6) is 1.54. The van der Waals surface area contributed by atoms with Crippen LogP contribution in [-0.2, 0) is 11.2 Å². The summed E-state index contributed by atoms with van der Waals surface area (Å²) in [5, 5.41) is 0. The molecule has 3 rings (SSSR count). The average molecular weight is 383 g/mol. The normalized spacial score (nSPS) is 22.0. The maximum absolute atomic E-state index is 11.2. The lowest BCUT2D eigenvalue weighted by molar-refractivity contribution is -0.109. The third kappa shape index (κ3) is 5.32. The van der Waals surface area contributed by atoms with Gasteiger partial charge in [0.05, 0.1) is 13.2 Å². The van der Waals surface area contributed by atoms with E-state index < -0.39 is 0 Å². The first kappa shape index (κ1) is 20.8. The lowest BCUT2D eigenvalue weighted by Gasteiger charge is -2.22. The predicted octanol–water partition coefficient (Wildman–Crippen LogP) is 4.92. The molecule has 0 bridgehead atoms. The fraction of sp³-hybridized carbons (Fsp3) is 0.583. The number of allylic oxidation sites excluding steroid dienone is 1. The van der Waals surface area contributed by atoms with Gasteiger partial charge in [-0.15, -0.1) is 0 Å². The summed E-state index contributed by atoms with van der Waals surface area (Å²) < 4.78 is 5.65. The highest BCUT2D eigenvalue weighted by Crippen LogP contribution is 2.36. The van der Waals surface area contributed by atoms with Crippen LogP contribution in [0.15, 0.2) is 35.0 Å². The van der Waals surface area contributed by atoms with Crippen molar-refractivity contribution < 1.29 is 9.53 Å². The van der Waals surface area contributed by atoms with Crippen LogP contribution < -0.4 is 4.74 Å². The van der Waals surface area contributed by atoms with Crippen molar-refractivity contribution in [2.45, 2.75) is 71.3 Å². The van der Waals surface area contributed by atoms with Gasteiger partial charge >= 0.3 is 0 Å². The third-order valence-corrected chi connectivity index (χ3v) is 5.83. The van der Waals surface area contributed by atoms with Crippen molar-refractivity contribution >= 4 is 12.0 Å². The molecule has 1 fully saturated rings. The number of ether oxygens (including phenoxy) is 1. The summed E-state index contributed by atoms with van der Waals surface area (Å²) in [6, 6.07) is 7.12. The van der Waals surface area contributed by atoms with Gasteiger partial charge in [0.2, 0.25) is 0 Å². The van der Waals surface area contributed by atoms with Gasteiger partial charge < -0.3 is 9.53 Å². The molecule has 2 unspecified atom stereocenters. The molecule has 2 aliphatic heterocycles. The van der Waals surface area contributed by atoms with Crippen LogP contribution in [0.5, 0.6) is 5.75 Å². The fourth-order valence-corrected chi connectivity index (χ4v) is 4.40. The third-order valence-electron chi connectivity index (χ3n) is 5.83. The number of aldehydes is 1. The molecule has 0 amide bonds. The summed E-state index contributed by atoms with van der Waals surface area (Å²) in [5.41, 5.74) is 5.25. The second kappa shape index (κ2) is 10.0. The first-order valence-corrected chi connectivity index (χ1v) is 10.7. The van der Waals surface area contributed by atoms with Gasteiger partial charge in [-0.05, 0) is 62.6 Å². The number of rotatable bonds is 9. The van der Waals surface area contributed by atoms with E-state index in [4.69, 9.17) is 9.73 Å². The van der Waals surface area contributed by atoms with E-state index in [0.29, 0.717) is 18.5 Å². The number of aliphatic imine (C=N–C) groups is 1. The van der Waals surface area contributed by atoms with Crippen molar-refractivity contribution in [3.8, 4) is 5.75 Å². The molecule has 28 heavy (non-hydrogen) atoms. The van der Waals surface area contributed by atoms with E-state index in [0.717, 1.165) is 63.7 Å². The van der Waals surface area contributed by atoms with Gasteiger partial charge in [-0.1, -0.05) is 31.1 Å². The van der Waals surface area contributed by atoms with E-state index in [1.807, 2.05) is 6.20 Å². The van der Waals surface area contributed by atoms with Crippen molar-refractivity contribution in [3.05, 3.63) is 41.1 Å². The van der Waals surface area contributed by atoms with Gasteiger partial charge in [0.1, 0.15) is 12.0 Å². The largest absolute Gasteiger partial charge is 0.493 e. The van der Waals surface area contributed by atoms with Crippen LogP contribution in [0.25, 0.3) is 0 Å². The van der Waals surface area contributed by atoms with E-state index in [1.54, 1.807) is 0 Å². The summed E-state index contributed by atoms with van der Waals surface area (Å²) in [7, 11) is 0. The number of hydrogen-bond acceptors (Lipinski definition) is 4.